The Labute approximate surface area is 275 Å². The Hall–Kier alpha value is -3.57. The van der Waals surface area contributed by atoms with Crippen molar-refractivity contribution >= 4 is 62.5 Å². The van der Waals surface area contributed by atoms with Gasteiger partial charge < -0.3 is 18.9 Å². The van der Waals surface area contributed by atoms with Gasteiger partial charge in [0.2, 0.25) is 0 Å². The van der Waals surface area contributed by atoms with Gasteiger partial charge in [0.15, 0.2) is 22.0 Å². The summed E-state index contributed by atoms with van der Waals surface area (Å²) in [7, 11) is 1.29. The van der Waals surface area contributed by atoms with E-state index in [1.54, 1.807) is 42.5 Å². The molecule has 8 nitrogen and oxygen atoms in total. The minimum absolute atomic E-state index is 0.214. The van der Waals surface area contributed by atoms with Crippen LogP contribution in [0.4, 0.5) is 0 Å². The van der Waals surface area contributed by atoms with E-state index in [4.69, 9.17) is 42.1 Å². The Morgan fingerprint density at radius 1 is 1.02 bits per heavy atom. The van der Waals surface area contributed by atoms with E-state index in [0.717, 1.165) is 5.56 Å². The number of nitrogens with zero attached hydrogens (tertiary/aromatic N) is 2. The van der Waals surface area contributed by atoms with E-state index in [9.17, 15) is 9.59 Å². The van der Waals surface area contributed by atoms with Gasteiger partial charge in [-0.15, -0.1) is 0 Å². The number of rotatable bonds is 10. The van der Waals surface area contributed by atoms with Crippen LogP contribution in [0, 0.1) is 0 Å². The minimum Gasteiger partial charge on any atom is -0.490 e. The summed E-state index contributed by atoms with van der Waals surface area (Å²) < 4.78 is 25.1. The predicted octanol–water partition coefficient (Wildman–Crippen LogP) is 6.46. The highest BCUT2D eigenvalue weighted by atomic mass is 79.9. The lowest BCUT2D eigenvalue weighted by Gasteiger charge is -2.23. The third-order valence-corrected chi connectivity index (χ3v) is 8.74. The zero-order valence-corrected chi connectivity index (χ0v) is 27.8. The van der Waals surface area contributed by atoms with Gasteiger partial charge in [-0.2, -0.15) is 0 Å². The smallest absolute Gasteiger partial charge is 0.337 e. The maximum atomic E-state index is 13.9. The monoisotopic (exact) mass is 716 g/mol. The Morgan fingerprint density at radius 2 is 1.75 bits per heavy atom. The normalized spacial score (nSPS) is 14.4. The van der Waals surface area contributed by atoms with Crippen molar-refractivity contribution in [1.82, 2.24) is 4.57 Å². The van der Waals surface area contributed by atoms with Gasteiger partial charge in [0.1, 0.15) is 6.61 Å². The van der Waals surface area contributed by atoms with Gasteiger partial charge in [-0.25, -0.2) is 9.79 Å². The summed E-state index contributed by atoms with van der Waals surface area (Å²) >= 11 is 17.3. The van der Waals surface area contributed by atoms with Crippen LogP contribution >= 0.6 is 50.5 Å². The first-order valence-corrected chi connectivity index (χ1v) is 16.0. The minimum atomic E-state index is -0.797. The van der Waals surface area contributed by atoms with E-state index in [-0.39, 0.29) is 11.1 Å². The van der Waals surface area contributed by atoms with Gasteiger partial charge in [0.05, 0.1) is 46.0 Å². The van der Waals surface area contributed by atoms with Crippen LogP contribution in [0.1, 0.15) is 36.6 Å². The van der Waals surface area contributed by atoms with Crippen molar-refractivity contribution in [3.63, 3.8) is 0 Å². The van der Waals surface area contributed by atoms with E-state index >= 15 is 0 Å². The van der Waals surface area contributed by atoms with Crippen LogP contribution in [0.3, 0.4) is 0 Å². The number of methoxy groups -OCH3 is 1. The average molecular weight is 718 g/mol. The van der Waals surface area contributed by atoms with Crippen molar-refractivity contribution in [2.24, 2.45) is 4.99 Å². The predicted molar refractivity (Wildman–Crippen MR) is 175 cm³/mol. The Morgan fingerprint density at radius 3 is 2.43 bits per heavy atom. The molecule has 1 aliphatic heterocycles. The van der Waals surface area contributed by atoms with Gasteiger partial charge in [-0.3, -0.25) is 9.36 Å². The molecule has 4 aromatic rings. The molecule has 1 aliphatic rings. The summed E-state index contributed by atoms with van der Waals surface area (Å²) in [5.74, 6) is 0.957. The number of hydrogen-bond donors (Lipinski definition) is 0. The van der Waals surface area contributed by atoms with Gasteiger partial charge in [-0.1, -0.05) is 52.7 Å². The molecule has 0 N–H and O–H groups in total. The van der Waals surface area contributed by atoms with Gasteiger partial charge >= 0.3 is 5.97 Å². The van der Waals surface area contributed by atoms with Crippen molar-refractivity contribution in [3.8, 4) is 17.2 Å². The number of carbonyl (C=O) groups excluding carboxylic acids is 1. The third-order valence-electron chi connectivity index (χ3n) is 6.62. The molecule has 228 valence electrons. The summed E-state index contributed by atoms with van der Waals surface area (Å²) in [6, 6.07) is 15.4. The molecule has 44 heavy (non-hydrogen) atoms. The summed E-state index contributed by atoms with van der Waals surface area (Å²) in [4.78, 5) is 31.6. The van der Waals surface area contributed by atoms with E-state index in [2.05, 4.69) is 20.9 Å². The number of hydrogen-bond acceptors (Lipinski definition) is 8. The fourth-order valence-corrected chi connectivity index (χ4v) is 6.76. The number of halogens is 3. The number of aromatic nitrogens is 1. The van der Waals surface area contributed by atoms with E-state index < -0.39 is 12.0 Å². The highest BCUT2D eigenvalue weighted by Gasteiger charge is 2.31. The number of carbonyl (C=O) groups is 1. The SMILES string of the molecule is CCOc1ccc([C@H]2C(C(=O)OC)=CN=c3s/c(=C\c4cc(Cl)c(OCc5ccc(Cl)cc5)c(Br)c4)c(=O)n32)cc1OCC. The van der Waals surface area contributed by atoms with E-state index in [0.29, 0.717) is 72.0 Å². The fraction of sp³-hybridized carbons (Fsp3) is 0.219. The van der Waals surface area contributed by atoms with Crippen LogP contribution in [0.2, 0.25) is 10.0 Å². The molecule has 1 atom stereocenters. The molecule has 0 spiro atoms. The summed E-state index contributed by atoms with van der Waals surface area (Å²) in [6.45, 7) is 4.92. The molecule has 0 unspecified atom stereocenters. The summed E-state index contributed by atoms with van der Waals surface area (Å²) in [5, 5.41) is 1.02. The van der Waals surface area contributed by atoms with Crippen LogP contribution in [-0.2, 0) is 16.1 Å². The fourth-order valence-electron chi connectivity index (χ4n) is 4.68. The zero-order chi connectivity index (χ0) is 31.4. The topological polar surface area (TPSA) is 88.4 Å². The second-order valence-corrected chi connectivity index (χ2v) is 12.2. The molecule has 5 rings (SSSR count). The molecule has 1 aromatic heterocycles. The molecule has 0 aliphatic carbocycles. The Balaban J connectivity index is 1.54. The van der Waals surface area contributed by atoms with Crippen molar-refractivity contribution in [1.29, 1.82) is 0 Å². The van der Waals surface area contributed by atoms with Crippen molar-refractivity contribution in [2.75, 3.05) is 20.3 Å². The number of fused-ring (bicyclic) bond motifs is 1. The Kier molecular flexibility index (Phi) is 10.2. The highest BCUT2D eigenvalue weighted by molar-refractivity contribution is 9.10. The number of thiazole rings is 1. The van der Waals surface area contributed by atoms with Crippen molar-refractivity contribution in [2.45, 2.75) is 26.5 Å². The first-order valence-electron chi connectivity index (χ1n) is 13.6. The lowest BCUT2D eigenvalue weighted by molar-refractivity contribution is -0.136. The van der Waals surface area contributed by atoms with Crippen LogP contribution in [0.5, 0.6) is 17.2 Å². The molecule has 0 saturated carbocycles. The third kappa shape index (κ3) is 6.73. The molecule has 3 aromatic carbocycles. The van der Waals surface area contributed by atoms with Gasteiger partial charge in [0.25, 0.3) is 5.56 Å². The van der Waals surface area contributed by atoms with Crippen molar-refractivity contribution in [3.05, 3.63) is 117 Å². The first-order chi connectivity index (χ1) is 21.2. The lowest BCUT2D eigenvalue weighted by Crippen LogP contribution is -2.39. The molecular formula is C32H27BrCl2N2O6S. The largest absolute Gasteiger partial charge is 0.490 e. The molecule has 0 radical (unpaired) electrons. The quantitative estimate of drug-likeness (QED) is 0.175. The Bertz CT molecular complexity index is 1900. The molecule has 0 amide bonds. The summed E-state index contributed by atoms with van der Waals surface area (Å²) in [6.07, 6.45) is 3.18. The molecule has 0 fully saturated rings. The molecule has 2 heterocycles. The summed E-state index contributed by atoms with van der Waals surface area (Å²) in [5.41, 5.74) is 2.14. The lowest BCUT2D eigenvalue weighted by atomic mass is 9.97. The van der Waals surface area contributed by atoms with E-state index in [1.165, 1.54) is 29.2 Å². The number of esters is 1. The van der Waals surface area contributed by atoms with Crippen LogP contribution in [0.15, 0.2) is 80.6 Å². The number of ether oxygens (including phenoxy) is 4. The maximum Gasteiger partial charge on any atom is 0.337 e. The number of benzene rings is 3. The molecule has 0 saturated heterocycles. The second kappa shape index (κ2) is 14.0. The van der Waals surface area contributed by atoms with Crippen LogP contribution < -0.4 is 29.1 Å². The maximum absolute atomic E-state index is 13.9. The zero-order valence-electron chi connectivity index (χ0n) is 23.9. The molecule has 0 bridgehead atoms. The van der Waals surface area contributed by atoms with Crippen LogP contribution in [0.25, 0.3) is 6.08 Å². The van der Waals surface area contributed by atoms with Gasteiger partial charge in [0, 0.05) is 11.2 Å². The van der Waals surface area contributed by atoms with Gasteiger partial charge in [-0.05, 0) is 88.9 Å². The van der Waals surface area contributed by atoms with Crippen LogP contribution in [-0.4, -0.2) is 30.9 Å². The standard InChI is InChI=1S/C32H27BrCl2N2O6S/c1-4-41-25-11-8-20(15-26(25)42-5-2)28-22(31(39)40-3)16-36-32-37(28)30(38)27(44-32)14-19-12-23(33)29(24(35)13-19)43-17-18-6-9-21(34)10-7-18/h6-16,28H,4-5,17H2,1-3H3/b27-14-/t28-/m0/s1. The van der Waals surface area contributed by atoms with Crippen molar-refractivity contribution < 1.29 is 23.7 Å². The second-order valence-electron chi connectivity index (χ2n) is 9.48. The molecular weight excluding hydrogens is 691 g/mol. The average Bonchev–Trinajstić information content (AvgIpc) is 3.32. The molecule has 12 heteroatoms. The van der Waals surface area contributed by atoms with E-state index in [1.807, 2.05) is 32.0 Å². The highest BCUT2D eigenvalue weighted by Crippen LogP contribution is 2.36. The first kappa shape index (κ1) is 31.8.